The van der Waals surface area contributed by atoms with Gasteiger partial charge < -0.3 is 10.6 Å². The van der Waals surface area contributed by atoms with E-state index < -0.39 is 0 Å². The van der Waals surface area contributed by atoms with Crippen LogP contribution in [0.2, 0.25) is 0 Å². The zero-order chi connectivity index (χ0) is 11.5. The predicted octanol–water partition coefficient (Wildman–Crippen LogP) is 2.54. The first-order chi connectivity index (χ1) is 7.68. The van der Waals surface area contributed by atoms with Crippen LogP contribution in [0.5, 0.6) is 0 Å². The van der Waals surface area contributed by atoms with Gasteiger partial charge in [-0.25, -0.2) is 0 Å². The molecule has 1 saturated heterocycles. The van der Waals surface area contributed by atoms with E-state index in [1.54, 1.807) is 0 Å². The number of hydrogen-bond acceptors (Lipinski definition) is 2. The number of carbonyl (C=O) groups excluding carboxylic acids is 1. The third-order valence-corrected chi connectivity index (χ3v) is 3.86. The van der Waals surface area contributed by atoms with Gasteiger partial charge >= 0.3 is 0 Å². The Bertz CT molecular complexity index is 406. The van der Waals surface area contributed by atoms with Crippen LogP contribution in [0.4, 0.5) is 5.69 Å². The monoisotopic (exact) mass is 282 g/mol. The number of nitrogen functional groups attached to an aromatic ring is 1. The summed E-state index contributed by atoms with van der Waals surface area (Å²) in [4.78, 5) is 13.6. The minimum Gasteiger partial charge on any atom is -0.398 e. The van der Waals surface area contributed by atoms with E-state index in [0.29, 0.717) is 13.0 Å². The second-order valence-electron chi connectivity index (χ2n) is 4.09. The fourth-order valence-electron chi connectivity index (χ4n) is 1.96. The molecular formula is C12H15BrN2O. The van der Waals surface area contributed by atoms with E-state index in [-0.39, 0.29) is 5.91 Å². The van der Waals surface area contributed by atoms with Gasteiger partial charge in [0.1, 0.15) is 0 Å². The maximum atomic E-state index is 11.7. The van der Waals surface area contributed by atoms with Crippen LogP contribution >= 0.6 is 15.9 Å². The van der Waals surface area contributed by atoms with E-state index in [0.717, 1.165) is 35.1 Å². The molecule has 0 saturated carbocycles. The molecule has 1 aliphatic heterocycles. The van der Waals surface area contributed by atoms with Crippen molar-refractivity contribution in [2.24, 2.45) is 0 Å². The van der Waals surface area contributed by atoms with Crippen molar-refractivity contribution >= 4 is 27.5 Å². The van der Waals surface area contributed by atoms with Crippen molar-refractivity contribution in [2.75, 3.05) is 12.3 Å². The minimum atomic E-state index is 0.251. The molecule has 1 fully saturated rings. The Morgan fingerprint density at radius 2 is 2.19 bits per heavy atom. The molecule has 1 heterocycles. The largest absolute Gasteiger partial charge is 0.398 e. The van der Waals surface area contributed by atoms with Crippen LogP contribution in [0.3, 0.4) is 0 Å². The highest BCUT2D eigenvalue weighted by molar-refractivity contribution is 9.10. The van der Waals surface area contributed by atoms with Crippen LogP contribution in [-0.2, 0) is 11.3 Å². The molecule has 0 spiro atoms. The summed E-state index contributed by atoms with van der Waals surface area (Å²) in [7, 11) is 0. The molecule has 1 aromatic carbocycles. The number of nitrogens with two attached hydrogens (primary N) is 1. The Morgan fingerprint density at radius 3 is 2.94 bits per heavy atom. The van der Waals surface area contributed by atoms with E-state index >= 15 is 0 Å². The Labute approximate surface area is 104 Å². The van der Waals surface area contributed by atoms with E-state index in [1.807, 2.05) is 23.1 Å². The first-order valence-electron chi connectivity index (χ1n) is 5.49. The summed E-state index contributed by atoms with van der Waals surface area (Å²) in [6.07, 6.45) is 2.80. The quantitative estimate of drug-likeness (QED) is 0.848. The van der Waals surface area contributed by atoms with Crippen molar-refractivity contribution in [3.05, 3.63) is 28.2 Å². The zero-order valence-corrected chi connectivity index (χ0v) is 10.7. The molecule has 0 bridgehead atoms. The van der Waals surface area contributed by atoms with Crippen molar-refractivity contribution in [3.63, 3.8) is 0 Å². The molecule has 1 amide bonds. The fraction of sp³-hybridized carbons (Fsp3) is 0.417. The van der Waals surface area contributed by atoms with Crippen molar-refractivity contribution in [2.45, 2.75) is 25.8 Å². The number of benzene rings is 1. The molecule has 1 aliphatic rings. The Morgan fingerprint density at radius 1 is 1.38 bits per heavy atom. The number of piperidine rings is 1. The van der Waals surface area contributed by atoms with Gasteiger partial charge in [-0.3, -0.25) is 4.79 Å². The van der Waals surface area contributed by atoms with Crippen LogP contribution in [0.1, 0.15) is 24.8 Å². The molecule has 0 radical (unpaired) electrons. The Balaban J connectivity index is 2.14. The number of hydrogen-bond donors (Lipinski definition) is 1. The second kappa shape index (κ2) is 4.87. The number of amides is 1. The van der Waals surface area contributed by atoms with Crippen LogP contribution in [-0.4, -0.2) is 17.4 Å². The molecule has 1 aromatic rings. The lowest BCUT2D eigenvalue weighted by Gasteiger charge is -2.27. The maximum absolute atomic E-state index is 11.7. The van der Waals surface area contributed by atoms with Crippen LogP contribution in [0.15, 0.2) is 22.7 Å². The molecule has 86 valence electrons. The number of halogens is 1. The van der Waals surface area contributed by atoms with Gasteiger partial charge in [-0.1, -0.05) is 12.1 Å². The highest BCUT2D eigenvalue weighted by Crippen LogP contribution is 2.26. The maximum Gasteiger partial charge on any atom is 0.222 e. The van der Waals surface area contributed by atoms with Crippen LogP contribution in [0.25, 0.3) is 0 Å². The van der Waals surface area contributed by atoms with Gasteiger partial charge in [0, 0.05) is 29.7 Å². The normalized spacial score (nSPS) is 16.6. The predicted molar refractivity (Wildman–Crippen MR) is 67.8 cm³/mol. The molecule has 0 unspecified atom stereocenters. The van der Waals surface area contributed by atoms with E-state index in [2.05, 4.69) is 15.9 Å². The summed E-state index contributed by atoms with van der Waals surface area (Å²) in [6.45, 7) is 1.52. The lowest BCUT2D eigenvalue weighted by atomic mass is 10.1. The van der Waals surface area contributed by atoms with Gasteiger partial charge in [-0.05, 0) is 40.4 Å². The summed E-state index contributed by atoms with van der Waals surface area (Å²) in [6, 6.07) is 5.78. The number of carbonyl (C=O) groups is 1. The van der Waals surface area contributed by atoms with Gasteiger partial charge in [0.2, 0.25) is 5.91 Å². The van der Waals surface area contributed by atoms with Gasteiger partial charge in [-0.2, -0.15) is 0 Å². The van der Waals surface area contributed by atoms with E-state index in [1.165, 1.54) is 0 Å². The smallest absolute Gasteiger partial charge is 0.222 e. The number of likely N-dealkylation sites (tertiary alicyclic amines) is 1. The van der Waals surface area contributed by atoms with E-state index in [9.17, 15) is 4.79 Å². The van der Waals surface area contributed by atoms with Crippen LogP contribution < -0.4 is 5.73 Å². The fourth-order valence-corrected chi connectivity index (χ4v) is 2.35. The summed E-state index contributed by atoms with van der Waals surface area (Å²) >= 11 is 3.46. The standard InChI is InChI=1S/C12H15BrN2O/c13-12-9(4-3-5-10(12)14)8-15-7-2-1-6-11(15)16/h3-5H,1-2,6-8,14H2. The van der Waals surface area contributed by atoms with Gasteiger partial charge in [0.15, 0.2) is 0 Å². The molecule has 3 nitrogen and oxygen atoms in total. The topological polar surface area (TPSA) is 46.3 Å². The number of anilines is 1. The molecule has 2 N–H and O–H groups in total. The lowest BCUT2D eigenvalue weighted by Crippen LogP contribution is -2.34. The van der Waals surface area contributed by atoms with Crippen molar-refractivity contribution in [3.8, 4) is 0 Å². The van der Waals surface area contributed by atoms with Crippen molar-refractivity contribution in [1.29, 1.82) is 0 Å². The highest BCUT2D eigenvalue weighted by Gasteiger charge is 2.18. The number of rotatable bonds is 2. The number of nitrogens with zero attached hydrogens (tertiary/aromatic N) is 1. The van der Waals surface area contributed by atoms with Gasteiger partial charge in [0.05, 0.1) is 0 Å². The average Bonchev–Trinajstić information content (AvgIpc) is 2.28. The minimum absolute atomic E-state index is 0.251. The molecular weight excluding hydrogens is 268 g/mol. The molecule has 0 aromatic heterocycles. The van der Waals surface area contributed by atoms with Crippen LogP contribution in [0, 0.1) is 0 Å². The lowest BCUT2D eigenvalue weighted by molar-refractivity contribution is -0.133. The third-order valence-electron chi connectivity index (χ3n) is 2.89. The summed E-state index contributed by atoms with van der Waals surface area (Å²) in [5, 5.41) is 0. The van der Waals surface area contributed by atoms with Crippen molar-refractivity contribution < 1.29 is 4.79 Å². The molecule has 4 heteroatoms. The molecule has 0 atom stereocenters. The van der Waals surface area contributed by atoms with Crippen molar-refractivity contribution in [1.82, 2.24) is 4.90 Å². The average molecular weight is 283 g/mol. The SMILES string of the molecule is Nc1cccc(CN2CCCCC2=O)c1Br. The third kappa shape index (κ3) is 2.38. The summed E-state index contributed by atoms with van der Waals surface area (Å²) in [5.41, 5.74) is 7.61. The molecule has 0 aliphatic carbocycles. The van der Waals surface area contributed by atoms with Gasteiger partial charge in [-0.15, -0.1) is 0 Å². The summed E-state index contributed by atoms with van der Waals surface area (Å²) < 4.78 is 0.911. The first kappa shape index (κ1) is 11.5. The molecule has 16 heavy (non-hydrogen) atoms. The Kier molecular flexibility index (Phi) is 3.49. The second-order valence-corrected chi connectivity index (χ2v) is 4.89. The molecule has 2 rings (SSSR count). The summed E-state index contributed by atoms with van der Waals surface area (Å²) in [5.74, 6) is 0.251. The zero-order valence-electron chi connectivity index (χ0n) is 9.08. The Hall–Kier alpha value is -1.03. The van der Waals surface area contributed by atoms with E-state index in [4.69, 9.17) is 5.73 Å². The highest BCUT2D eigenvalue weighted by atomic mass is 79.9. The van der Waals surface area contributed by atoms with Gasteiger partial charge in [0.25, 0.3) is 0 Å². The first-order valence-corrected chi connectivity index (χ1v) is 6.28.